The minimum absolute atomic E-state index is 0.00605. The monoisotopic (exact) mass is 253 g/mol. The van der Waals surface area contributed by atoms with Crippen LogP contribution in [0.15, 0.2) is 17.0 Å². The van der Waals surface area contributed by atoms with Crippen molar-refractivity contribution in [2.24, 2.45) is 0 Å². The van der Waals surface area contributed by atoms with Gasteiger partial charge in [0.1, 0.15) is 16.6 Å². The highest BCUT2D eigenvalue weighted by Gasteiger charge is 2.19. The molecule has 0 spiro atoms. The first kappa shape index (κ1) is 11.5. The van der Waals surface area contributed by atoms with E-state index in [-0.39, 0.29) is 25.4 Å². The molecule has 0 saturated carbocycles. The van der Waals surface area contributed by atoms with Gasteiger partial charge in [-0.1, -0.05) is 23.2 Å². The summed E-state index contributed by atoms with van der Waals surface area (Å²) < 4.78 is 19.9. The summed E-state index contributed by atoms with van der Waals surface area (Å²) in [5.74, 6) is 0. The molecule has 1 atom stereocenters. The molecule has 0 aliphatic heterocycles. The lowest BCUT2D eigenvalue weighted by atomic mass is 10.3. The molecule has 1 rings (SSSR count). The number of hydrogen-bond acceptors (Lipinski definition) is 2. The molecule has 7 heteroatoms. The van der Waals surface area contributed by atoms with Gasteiger partial charge in [0.2, 0.25) is 5.69 Å². The van der Waals surface area contributed by atoms with Gasteiger partial charge in [0.25, 0.3) is 0 Å². The molecule has 76 valence electrons. The minimum atomic E-state index is -2.34. The zero-order valence-electron chi connectivity index (χ0n) is 6.74. The van der Waals surface area contributed by atoms with Gasteiger partial charge in [0.05, 0.1) is 5.02 Å². The van der Waals surface area contributed by atoms with Crippen LogP contribution in [0.2, 0.25) is 10.0 Å². The van der Waals surface area contributed by atoms with E-state index in [1.54, 1.807) is 0 Å². The van der Waals surface area contributed by atoms with Crippen LogP contribution in [0.1, 0.15) is 0 Å². The fraction of sp³-hybridized carbons (Fsp3) is 0. The summed E-state index contributed by atoms with van der Waals surface area (Å²) in [6.45, 7) is 3.07. The van der Waals surface area contributed by atoms with Crippen molar-refractivity contribution in [3.05, 3.63) is 27.4 Å². The van der Waals surface area contributed by atoms with Crippen molar-refractivity contribution in [2.45, 2.75) is 4.90 Å². The SMILES string of the molecule is C=[N+]([O-])c1ccc(Cl)c(S(=O)O)c1Cl. The maximum Gasteiger partial charge on any atom is 0.236 e. The molecule has 1 unspecified atom stereocenters. The Morgan fingerprint density at radius 2 is 2.07 bits per heavy atom. The van der Waals surface area contributed by atoms with Gasteiger partial charge in [-0.25, -0.2) is 4.21 Å². The van der Waals surface area contributed by atoms with Crippen molar-refractivity contribution in [2.75, 3.05) is 0 Å². The fourth-order valence-electron chi connectivity index (χ4n) is 0.875. The summed E-state index contributed by atoms with van der Waals surface area (Å²) in [6, 6.07) is 2.63. The molecule has 0 bridgehead atoms. The van der Waals surface area contributed by atoms with E-state index < -0.39 is 11.1 Å². The topological polar surface area (TPSA) is 63.4 Å². The fourth-order valence-corrected chi connectivity index (χ4v) is 2.23. The van der Waals surface area contributed by atoms with Crippen LogP contribution in [-0.4, -0.2) is 20.2 Å². The highest BCUT2D eigenvalue weighted by Crippen LogP contribution is 2.34. The quantitative estimate of drug-likeness (QED) is 0.290. The lowest BCUT2D eigenvalue weighted by Crippen LogP contribution is -1.97. The number of rotatable bonds is 2. The number of nitrogens with zero attached hydrogens (tertiary/aromatic N) is 1. The second-order valence-electron chi connectivity index (χ2n) is 2.34. The Balaban J connectivity index is 3.49. The van der Waals surface area contributed by atoms with Crippen LogP contribution in [0.3, 0.4) is 0 Å². The maximum absolute atomic E-state index is 10.8. The Hall–Kier alpha value is -0.620. The molecular weight excluding hydrogens is 249 g/mol. The Bertz CT molecular complexity index is 422. The molecule has 0 amide bonds. The molecule has 1 aromatic carbocycles. The normalized spacial score (nSPS) is 12.5. The largest absolute Gasteiger partial charge is 0.619 e. The van der Waals surface area contributed by atoms with Crippen LogP contribution in [-0.2, 0) is 11.1 Å². The van der Waals surface area contributed by atoms with E-state index in [0.717, 1.165) is 0 Å². The molecule has 0 aromatic heterocycles. The van der Waals surface area contributed by atoms with Crippen molar-refractivity contribution in [3.8, 4) is 0 Å². The van der Waals surface area contributed by atoms with Crippen LogP contribution in [0.5, 0.6) is 0 Å². The maximum atomic E-state index is 10.8. The number of halogens is 2. The first-order valence-corrected chi connectivity index (χ1v) is 5.18. The standard InChI is InChI=1S/C7H5Cl2NO3S/c1-10(11)5-3-2-4(8)7(6(5)9)14(12)13/h2-3H,1H2,(H,12,13). The predicted octanol–water partition coefficient (Wildman–Crippen LogP) is 2.42. The zero-order valence-corrected chi connectivity index (χ0v) is 9.07. The Kier molecular flexibility index (Phi) is 3.49. The van der Waals surface area contributed by atoms with Crippen LogP contribution in [0.4, 0.5) is 5.69 Å². The van der Waals surface area contributed by atoms with E-state index in [1.807, 2.05) is 0 Å². The smallest absolute Gasteiger partial charge is 0.236 e. The zero-order chi connectivity index (χ0) is 10.9. The molecule has 0 heterocycles. The second kappa shape index (κ2) is 4.27. The van der Waals surface area contributed by atoms with Gasteiger partial charge in [0.15, 0.2) is 11.1 Å². The third kappa shape index (κ3) is 2.06. The molecule has 0 aliphatic carbocycles. The first-order chi connectivity index (χ1) is 6.45. The first-order valence-electron chi connectivity index (χ1n) is 3.31. The Morgan fingerprint density at radius 3 is 2.50 bits per heavy atom. The van der Waals surface area contributed by atoms with Crippen molar-refractivity contribution < 1.29 is 13.5 Å². The summed E-state index contributed by atoms with van der Waals surface area (Å²) >= 11 is 8.97. The van der Waals surface area contributed by atoms with E-state index in [2.05, 4.69) is 6.72 Å². The second-order valence-corrected chi connectivity index (χ2v) is 4.03. The van der Waals surface area contributed by atoms with Crippen molar-refractivity contribution >= 4 is 46.7 Å². The van der Waals surface area contributed by atoms with Gasteiger partial charge in [-0.15, -0.1) is 0 Å². The highest BCUT2D eigenvalue weighted by molar-refractivity contribution is 7.79. The molecule has 0 aliphatic rings. The predicted molar refractivity (Wildman–Crippen MR) is 55.9 cm³/mol. The molecule has 1 aromatic rings. The summed E-state index contributed by atoms with van der Waals surface area (Å²) in [5, 5.41) is 10.7. The highest BCUT2D eigenvalue weighted by atomic mass is 35.5. The molecule has 14 heavy (non-hydrogen) atoms. The lowest BCUT2D eigenvalue weighted by molar-refractivity contribution is -0.349. The average Bonchev–Trinajstić information content (AvgIpc) is 2.02. The number of benzene rings is 1. The third-order valence-corrected chi connectivity index (χ3v) is 3.17. The summed E-state index contributed by atoms with van der Waals surface area (Å²) in [7, 11) is 0. The Morgan fingerprint density at radius 1 is 1.50 bits per heavy atom. The molecule has 1 N–H and O–H groups in total. The van der Waals surface area contributed by atoms with E-state index in [0.29, 0.717) is 0 Å². The van der Waals surface area contributed by atoms with Gasteiger partial charge in [0, 0.05) is 6.07 Å². The number of hydrogen-bond donors (Lipinski definition) is 1. The van der Waals surface area contributed by atoms with Gasteiger partial charge in [-0.3, -0.25) is 0 Å². The van der Waals surface area contributed by atoms with Gasteiger partial charge >= 0.3 is 0 Å². The molecule has 0 saturated heterocycles. The summed E-state index contributed by atoms with van der Waals surface area (Å²) in [6.07, 6.45) is 0. The minimum Gasteiger partial charge on any atom is -0.619 e. The van der Waals surface area contributed by atoms with E-state index >= 15 is 0 Å². The van der Waals surface area contributed by atoms with Gasteiger partial charge in [-0.05, 0) is 6.07 Å². The van der Waals surface area contributed by atoms with E-state index in [4.69, 9.17) is 27.8 Å². The van der Waals surface area contributed by atoms with Crippen LogP contribution in [0, 0.1) is 5.21 Å². The van der Waals surface area contributed by atoms with Gasteiger partial charge in [-0.2, -0.15) is 4.74 Å². The third-order valence-electron chi connectivity index (χ3n) is 1.47. The van der Waals surface area contributed by atoms with E-state index in [1.165, 1.54) is 12.1 Å². The van der Waals surface area contributed by atoms with Crippen LogP contribution < -0.4 is 0 Å². The van der Waals surface area contributed by atoms with Crippen molar-refractivity contribution in [1.82, 2.24) is 0 Å². The average molecular weight is 254 g/mol. The lowest BCUT2D eigenvalue weighted by Gasteiger charge is -2.06. The van der Waals surface area contributed by atoms with E-state index in [9.17, 15) is 9.42 Å². The van der Waals surface area contributed by atoms with Crippen molar-refractivity contribution in [3.63, 3.8) is 0 Å². The molecule has 0 radical (unpaired) electrons. The molecule has 0 fully saturated rings. The Labute approximate surface area is 92.6 Å². The summed E-state index contributed by atoms with van der Waals surface area (Å²) in [5.41, 5.74) is -0.00605. The molecule has 4 nitrogen and oxygen atoms in total. The van der Waals surface area contributed by atoms with Crippen LogP contribution >= 0.6 is 23.2 Å². The summed E-state index contributed by atoms with van der Waals surface area (Å²) in [4.78, 5) is -0.185. The van der Waals surface area contributed by atoms with Gasteiger partial charge < -0.3 is 9.76 Å². The molecular formula is C7H5Cl2NO3S. The van der Waals surface area contributed by atoms with Crippen LogP contribution in [0.25, 0.3) is 0 Å². The van der Waals surface area contributed by atoms with Crippen molar-refractivity contribution in [1.29, 1.82) is 0 Å².